The van der Waals surface area contributed by atoms with Crippen LogP contribution in [0.5, 0.6) is 0 Å². The standard InChI is InChI=1S/C16H12F2N4O2/c1-2-21-8-11(7-19-21)16(24)14-6-15(18)20-22(14)13-4-3-12(17)5-10(13)9-23/h3-9H,2H2,1H3. The third kappa shape index (κ3) is 2.73. The van der Waals surface area contributed by atoms with Crippen LogP contribution in [0.2, 0.25) is 0 Å². The predicted octanol–water partition coefficient (Wildman–Crippen LogP) is 2.41. The summed E-state index contributed by atoms with van der Waals surface area (Å²) in [6, 6.07) is 4.32. The van der Waals surface area contributed by atoms with Gasteiger partial charge in [0.15, 0.2) is 6.29 Å². The van der Waals surface area contributed by atoms with E-state index in [4.69, 9.17) is 0 Å². The number of nitrogens with zero attached hydrogens (tertiary/aromatic N) is 4. The van der Waals surface area contributed by atoms with E-state index in [1.54, 1.807) is 4.68 Å². The molecule has 0 saturated heterocycles. The van der Waals surface area contributed by atoms with Crippen LogP contribution in [0, 0.1) is 11.8 Å². The molecule has 0 radical (unpaired) electrons. The Bertz CT molecular complexity index is 930. The van der Waals surface area contributed by atoms with E-state index in [1.807, 2.05) is 6.92 Å². The lowest BCUT2D eigenvalue weighted by Crippen LogP contribution is -2.11. The molecule has 2 heterocycles. The van der Waals surface area contributed by atoms with Gasteiger partial charge >= 0.3 is 0 Å². The Morgan fingerprint density at radius 1 is 1.29 bits per heavy atom. The number of carbonyl (C=O) groups is 2. The number of hydrogen-bond donors (Lipinski definition) is 0. The van der Waals surface area contributed by atoms with Crippen LogP contribution in [0.25, 0.3) is 5.69 Å². The monoisotopic (exact) mass is 330 g/mol. The van der Waals surface area contributed by atoms with Crippen molar-refractivity contribution in [2.24, 2.45) is 0 Å². The van der Waals surface area contributed by atoms with E-state index < -0.39 is 17.5 Å². The number of rotatable bonds is 5. The molecular weight excluding hydrogens is 318 g/mol. The third-order valence-corrected chi connectivity index (χ3v) is 3.48. The first-order valence-electron chi connectivity index (χ1n) is 7.11. The molecule has 6 nitrogen and oxygen atoms in total. The van der Waals surface area contributed by atoms with Gasteiger partial charge in [0.05, 0.1) is 17.4 Å². The SMILES string of the molecule is CCn1cc(C(=O)c2cc(F)nn2-c2ccc(F)cc2C=O)cn1. The summed E-state index contributed by atoms with van der Waals surface area (Å²) in [6.07, 6.45) is 3.32. The summed E-state index contributed by atoms with van der Waals surface area (Å²) in [4.78, 5) is 23.8. The van der Waals surface area contributed by atoms with Crippen LogP contribution in [0.15, 0.2) is 36.7 Å². The van der Waals surface area contributed by atoms with Gasteiger partial charge in [-0.2, -0.15) is 9.49 Å². The minimum atomic E-state index is -0.887. The first-order valence-corrected chi connectivity index (χ1v) is 7.11. The average Bonchev–Trinajstić information content (AvgIpc) is 3.20. The second-order valence-corrected chi connectivity index (χ2v) is 5.00. The Hall–Kier alpha value is -3.16. The molecule has 2 aromatic heterocycles. The first kappa shape index (κ1) is 15.7. The largest absolute Gasteiger partial charge is 0.298 e. The Labute approximate surface area is 135 Å². The van der Waals surface area contributed by atoms with Crippen molar-refractivity contribution in [1.82, 2.24) is 19.6 Å². The topological polar surface area (TPSA) is 69.8 Å². The highest BCUT2D eigenvalue weighted by Gasteiger charge is 2.21. The van der Waals surface area contributed by atoms with Crippen molar-refractivity contribution in [3.05, 3.63) is 65.2 Å². The Balaban J connectivity index is 2.11. The minimum absolute atomic E-state index is 0.0450. The maximum atomic E-state index is 13.7. The van der Waals surface area contributed by atoms with Crippen molar-refractivity contribution in [2.45, 2.75) is 13.5 Å². The summed E-state index contributed by atoms with van der Waals surface area (Å²) < 4.78 is 29.5. The van der Waals surface area contributed by atoms with E-state index >= 15 is 0 Å². The van der Waals surface area contributed by atoms with Crippen molar-refractivity contribution in [1.29, 1.82) is 0 Å². The molecule has 8 heteroatoms. The molecule has 0 aliphatic carbocycles. The van der Waals surface area contributed by atoms with Crippen LogP contribution in [0.3, 0.4) is 0 Å². The maximum Gasteiger partial charge on any atom is 0.233 e. The summed E-state index contributed by atoms with van der Waals surface area (Å²) in [6.45, 7) is 2.44. The molecule has 0 N–H and O–H groups in total. The van der Waals surface area contributed by atoms with Gasteiger partial charge in [0.1, 0.15) is 11.5 Å². The highest BCUT2D eigenvalue weighted by Crippen LogP contribution is 2.19. The van der Waals surface area contributed by atoms with Crippen LogP contribution in [-0.2, 0) is 6.54 Å². The zero-order valence-corrected chi connectivity index (χ0v) is 12.6. The van der Waals surface area contributed by atoms with E-state index in [-0.39, 0.29) is 22.5 Å². The molecule has 24 heavy (non-hydrogen) atoms. The summed E-state index contributed by atoms with van der Waals surface area (Å²) in [5, 5.41) is 7.62. The van der Waals surface area contributed by atoms with E-state index in [9.17, 15) is 18.4 Å². The number of benzene rings is 1. The van der Waals surface area contributed by atoms with Crippen molar-refractivity contribution >= 4 is 12.1 Å². The lowest BCUT2D eigenvalue weighted by Gasteiger charge is -2.08. The molecule has 0 aliphatic heterocycles. The van der Waals surface area contributed by atoms with Crippen molar-refractivity contribution in [3.8, 4) is 5.69 Å². The van der Waals surface area contributed by atoms with Crippen LogP contribution in [0.4, 0.5) is 8.78 Å². The predicted molar refractivity (Wildman–Crippen MR) is 80.2 cm³/mol. The van der Waals surface area contributed by atoms with Crippen molar-refractivity contribution in [2.75, 3.05) is 0 Å². The van der Waals surface area contributed by atoms with Gasteiger partial charge in [-0.25, -0.2) is 9.07 Å². The zero-order valence-electron chi connectivity index (χ0n) is 12.6. The van der Waals surface area contributed by atoms with Gasteiger partial charge in [-0.05, 0) is 25.1 Å². The Morgan fingerprint density at radius 3 is 2.75 bits per heavy atom. The van der Waals surface area contributed by atoms with Crippen LogP contribution in [-0.4, -0.2) is 31.6 Å². The number of carbonyl (C=O) groups excluding carboxylic acids is 2. The highest BCUT2D eigenvalue weighted by molar-refractivity contribution is 6.08. The van der Waals surface area contributed by atoms with Gasteiger partial charge in [-0.15, -0.1) is 5.10 Å². The molecular formula is C16H12F2N4O2. The molecule has 122 valence electrons. The van der Waals surface area contributed by atoms with Crippen LogP contribution < -0.4 is 0 Å². The number of ketones is 1. The average molecular weight is 330 g/mol. The lowest BCUT2D eigenvalue weighted by molar-refractivity contribution is 0.103. The fourth-order valence-electron chi connectivity index (χ4n) is 2.31. The summed E-state index contributed by atoms with van der Waals surface area (Å²) in [7, 11) is 0. The first-order chi connectivity index (χ1) is 11.5. The fraction of sp³-hybridized carbons (Fsp3) is 0.125. The molecule has 3 rings (SSSR count). The van der Waals surface area contributed by atoms with E-state index in [2.05, 4.69) is 10.2 Å². The number of aryl methyl sites for hydroxylation is 1. The smallest absolute Gasteiger partial charge is 0.233 e. The van der Waals surface area contributed by atoms with Crippen molar-refractivity contribution in [3.63, 3.8) is 0 Å². The van der Waals surface area contributed by atoms with E-state index in [0.717, 1.165) is 22.9 Å². The quantitative estimate of drug-likeness (QED) is 0.532. The molecule has 0 atom stereocenters. The summed E-state index contributed by atoms with van der Waals surface area (Å²) in [5.74, 6) is -2.01. The second kappa shape index (κ2) is 6.15. The van der Waals surface area contributed by atoms with Gasteiger partial charge in [-0.3, -0.25) is 14.3 Å². The molecule has 0 amide bonds. The van der Waals surface area contributed by atoms with Gasteiger partial charge in [0, 0.05) is 24.4 Å². The van der Waals surface area contributed by atoms with Gasteiger partial charge < -0.3 is 0 Å². The minimum Gasteiger partial charge on any atom is -0.298 e. The molecule has 0 aliphatic rings. The molecule has 0 unspecified atom stereocenters. The summed E-state index contributed by atoms with van der Waals surface area (Å²) >= 11 is 0. The Kier molecular flexibility index (Phi) is 4.03. The van der Waals surface area contributed by atoms with E-state index in [1.165, 1.54) is 18.5 Å². The molecule has 0 saturated carbocycles. The molecule has 1 aromatic carbocycles. The number of aromatic nitrogens is 4. The van der Waals surface area contributed by atoms with Crippen LogP contribution in [0.1, 0.15) is 33.3 Å². The van der Waals surface area contributed by atoms with Gasteiger partial charge in [0.2, 0.25) is 11.7 Å². The zero-order chi connectivity index (χ0) is 17.3. The molecule has 0 spiro atoms. The Morgan fingerprint density at radius 2 is 2.08 bits per heavy atom. The second-order valence-electron chi connectivity index (χ2n) is 5.00. The lowest BCUT2D eigenvalue weighted by atomic mass is 10.1. The maximum absolute atomic E-state index is 13.7. The number of hydrogen-bond acceptors (Lipinski definition) is 4. The molecule has 3 aromatic rings. The van der Waals surface area contributed by atoms with Gasteiger partial charge in [-0.1, -0.05) is 0 Å². The van der Waals surface area contributed by atoms with Gasteiger partial charge in [0.25, 0.3) is 0 Å². The number of aldehydes is 1. The molecule has 0 fully saturated rings. The summed E-state index contributed by atoms with van der Waals surface area (Å²) in [5.41, 5.74) is 0.239. The normalized spacial score (nSPS) is 10.8. The van der Waals surface area contributed by atoms with E-state index in [0.29, 0.717) is 12.8 Å². The third-order valence-electron chi connectivity index (χ3n) is 3.48. The van der Waals surface area contributed by atoms with Crippen LogP contribution >= 0.6 is 0 Å². The van der Waals surface area contributed by atoms with Crippen molar-refractivity contribution < 1.29 is 18.4 Å². The fourth-order valence-corrected chi connectivity index (χ4v) is 2.31. The number of halogens is 2. The molecule has 0 bridgehead atoms. The highest BCUT2D eigenvalue weighted by atomic mass is 19.1.